The lowest BCUT2D eigenvalue weighted by molar-refractivity contribution is 0.102. The van der Waals surface area contributed by atoms with E-state index < -0.39 is 5.91 Å². The molecular formula is C17H17ClN6O2. The number of anilines is 3. The molecule has 3 rings (SSSR count). The van der Waals surface area contributed by atoms with Crippen molar-refractivity contribution in [2.75, 3.05) is 29.6 Å². The van der Waals surface area contributed by atoms with Crippen LogP contribution in [0.15, 0.2) is 47.2 Å². The van der Waals surface area contributed by atoms with E-state index in [2.05, 4.69) is 25.6 Å². The molecule has 0 atom stereocenters. The van der Waals surface area contributed by atoms with Crippen molar-refractivity contribution in [1.29, 1.82) is 0 Å². The van der Waals surface area contributed by atoms with Crippen LogP contribution in [0.3, 0.4) is 0 Å². The second-order valence-corrected chi connectivity index (χ2v) is 5.89. The van der Waals surface area contributed by atoms with Crippen molar-refractivity contribution in [3.05, 3.63) is 59.4 Å². The number of rotatable bonds is 6. The largest absolute Gasteiger partial charge is 0.467 e. The van der Waals surface area contributed by atoms with Crippen molar-refractivity contribution in [3.8, 4) is 0 Å². The molecule has 0 unspecified atom stereocenters. The molecule has 3 heterocycles. The lowest BCUT2D eigenvalue weighted by Gasteiger charge is -2.17. The Balaban J connectivity index is 1.85. The van der Waals surface area contributed by atoms with E-state index in [0.29, 0.717) is 24.0 Å². The van der Waals surface area contributed by atoms with Gasteiger partial charge < -0.3 is 20.0 Å². The van der Waals surface area contributed by atoms with E-state index in [1.807, 2.05) is 6.07 Å². The number of aromatic nitrogens is 3. The standard InChI is InChI=1S/C17H17ClN6O2/c1-24(2)16-13(17(25)21-12-7-3-4-8-19-12)22-14(18)15(23-16)20-10-11-6-5-9-26-11/h3-9H,10H2,1-2H3,(H,20,23)(H,19,21,25). The Labute approximate surface area is 155 Å². The van der Waals surface area contributed by atoms with Crippen molar-refractivity contribution >= 4 is 35.0 Å². The van der Waals surface area contributed by atoms with Crippen LogP contribution in [-0.4, -0.2) is 35.0 Å². The molecule has 134 valence electrons. The average molecular weight is 373 g/mol. The van der Waals surface area contributed by atoms with E-state index in [-0.39, 0.29) is 10.8 Å². The number of amides is 1. The first-order valence-electron chi connectivity index (χ1n) is 7.78. The van der Waals surface area contributed by atoms with Crippen LogP contribution in [0.1, 0.15) is 16.2 Å². The van der Waals surface area contributed by atoms with Gasteiger partial charge in [-0.1, -0.05) is 17.7 Å². The summed E-state index contributed by atoms with van der Waals surface area (Å²) in [5, 5.41) is 5.83. The smallest absolute Gasteiger partial charge is 0.279 e. The molecule has 8 nitrogen and oxygen atoms in total. The summed E-state index contributed by atoms with van der Waals surface area (Å²) in [4.78, 5) is 27.0. The minimum atomic E-state index is -0.445. The number of halogens is 1. The molecule has 0 aromatic carbocycles. The van der Waals surface area contributed by atoms with Crippen molar-refractivity contribution in [2.45, 2.75) is 6.54 Å². The summed E-state index contributed by atoms with van der Waals surface area (Å²) in [6.45, 7) is 0.397. The molecule has 0 aliphatic rings. The Morgan fingerprint density at radius 2 is 2.08 bits per heavy atom. The third kappa shape index (κ3) is 4.09. The summed E-state index contributed by atoms with van der Waals surface area (Å²) in [6, 6.07) is 8.84. The van der Waals surface area contributed by atoms with Gasteiger partial charge in [-0.15, -0.1) is 0 Å². The number of nitrogens with one attached hydrogen (secondary N) is 2. The van der Waals surface area contributed by atoms with Crippen LogP contribution in [0, 0.1) is 0 Å². The third-order valence-corrected chi connectivity index (χ3v) is 3.65. The minimum Gasteiger partial charge on any atom is -0.467 e. The Bertz CT molecular complexity index is 884. The molecule has 9 heteroatoms. The van der Waals surface area contributed by atoms with Crippen molar-refractivity contribution < 1.29 is 9.21 Å². The number of pyridine rings is 1. The number of hydrogen-bond donors (Lipinski definition) is 2. The predicted molar refractivity (Wildman–Crippen MR) is 99.6 cm³/mol. The lowest BCUT2D eigenvalue weighted by Crippen LogP contribution is -2.22. The van der Waals surface area contributed by atoms with Crippen LogP contribution in [0.2, 0.25) is 5.15 Å². The van der Waals surface area contributed by atoms with E-state index in [4.69, 9.17) is 16.0 Å². The van der Waals surface area contributed by atoms with E-state index in [1.54, 1.807) is 55.7 Å². The van der Waals surface area contributed by atoms with Gasteiger partial charge in [-0.25, -0.2) is 15.0 Å². The maximum absolute atomic E-state index is 12.6. The Hall–Kier alpha value is -3.13. The van der Waals surface area contributed by atoms with E-state index in [0.717, 1.165) is 5.76 Å². The summed E-state index contributed by atoms with van der Waals surface area (Å²) in [5.74, 6) is 1.44. The number of carbonyl (C=O) groups is 1. The Morgan fingerprint density at radius 3 is 2.73 bits per heavy atom. The summed E-state index contributed by atoms with van der Waals surface area (Å²) in [6.07, 6.45) is 3.17. The zero-order chi connectivity index (χ0) is 18.5. The van der Waals surface area contributed by atoms with E-state index in [9.17, 15) is 4.79 Å². The molecule has 1 amide bonds. The van der Waals surface area contributed by atoms with Crippen molar-refractivity contribution in [2.24, 2.45) is 0 Å². The maximum Gasteiger partial charge on any atom is 0.279 e. The second-order valence-electron chi connectivity index (χ2n) is 5.53. The number of carbonyl (C=O) groups excluding carboxylic acids is 1. The molecule has 0 radical (unpaired) electrons. The lowest BCUT2D eigenvalue weighted by atomic mass is 10.3. The third-order valence-electron chi connectivity index (χ3n) is 3.39. The summed E-state index contributed by atoms with van der Waals surface area (Å²) >= 11 is 6.21. The van der Waals surface area contributed by atoms with Gasteiger partial charge in [0.25, 0.3) is 5.91 Å². The van der Waals surface area contributed by atoms with Gasteiger partial charge in [-0.3, -0.25) is 4.79 Å². The fourth-order valence-corrected chi connectivity index (χ4v) is 2.37. The minimum absolute atomic E-state index is 0.0910. The van der Waals surface area contributed by atoms with Gasteiger partial charge in [0.1, 0.15) is 11.6 Å². The molecule has 0 aliphatic carbocycles. The zero-order valence-corrected chi connectivity index (χ0v) is 15.0. The number of nitrogens with zero attached hydrogens (tertiary/aromatic N) is 4. The van der Waals surface area contributed by atoms with E-state index >= 15 is 0 Å². The molecule has 26 heavy (non-hydrogen) atoms. The molecule has 0 fully saturated rings. The van der Waals surface area contributed by atoms with Gasteiger partial charge >= 0.3 is 0 Å². The topological polar surface area (TPSA) is 96.2 Å². The van der Waals surface area contributed by atoms with Gasteiger partial charge in [0.05, 0.1) is 12.8 Å². The summed E-state index contributed by atoms with van der Waals surface area (Å²) < 4.78 is 5.27. The molecule has 0 saturated carbocycles. The SMILES string of the molecule is CN(C)c1nc(NCc2ccco2)c(Cl)nc1C(=O)Nc1ccccn1. The van der Waals surface area contributed by atoms with E-state index in [1.165, 1.54) is 0 Å². The first kappa shape index (κ1) is 17.7. The van der Waals surface area contributed by atoms with Gasteiger partial charge in [-0.2, -0.15) is 0 Å². The second kappa shape index (κ2) is 7.83. The van der Waals surface area contributed by atoms with Crippen LogP contribution in [0.5, 0.6) is 0 Å². The first-order chi connectivity index (χ1) is 12.5. The fraction of sp³-hybridized carbons (Fsp3) is 0.176. The van der Waals surface area contributed by atoms with Crippen LogP contribution >= 0.6 is 11.6 Å². The first-order valence-corrected chi connectivity index (χ1v) is 8.16. The molecular weight excluding hydrogens is 356 g/mol. The summed E-state index contributed by atoms with van der Waals surface area (Å²) in [5.41, 5.74) is 0.106. The highest BCUT2D eigenvalue weighted by Crippen LogP contribution is 2.25. The fourth-order valence-electron chi connectivity index (χ4n) is 2.18. The highest BCUT2D eigenvalue weighted by Gasteiger charge is 2.20. The molecule has 2 N–H and O–H groups in total. The molecule has 0 saturated heterocycles. The highest BCUT2D eigenvalue weighted by atomic mass is 35.5. The molecule has 3 aromatic rings. The quantitative estimate of drug-likeness (QED) is 0.686. The van der Waals surface area contributed by atoms with Crippen LogP contribution in [0.25, 0.3) is 0 Å². The van der Waals surface area contributed by atoms with Gasteiger partial charge in [0, 0.05) is 20.3 Å². The molecule has 3 aromatic heterocycles. The van der Waals surface area contributed by atoms with Gasteiger partial charge in [0.15, 0.2) is 22.5 Å². The highest BCUT2D eigenvalue weighted by molar-refractivity contribution is 6.32. The Kier molecular flexibility index (Phi) is 5.33. The Morgan fingerprint density at radius 1 is 1.23 bits per heavy atom. The molecule has 0 bridgehead atoms. The van der Waals surface area contributed by atoms with Crippen LogP contribution in [-0.2, 0) is 6.54 Å². The van der Waals surface area contributed by atoms with Crippen LogP contribution < -0.4 is 15.5 Å². The van der Waals surface area contributed by atoms with Crippen molar-refractivity contribution in [3.63, 3.8) is 0 Å². The number of hydrogen-bond acceptors (Lipinski definition) is 7. The zero-order valence-electron chi connectivity index (χ0n) is 14.2. The molecule has 0 spiro atoms. The maximum atomic E-state index is 12.6. The predicted octanol–water partition coefficient (Wildman–Crippen LogP) is 3.05. The van der Waals surface area contributed by atoms with Gasteiger partial charge in [-0.05, 0) is 24.3 Å². The summed E-state index contributed by atoms with van der Waals surface area (Å²) in [7, 11) is 3.54. The normalized spacial score (nSPS) is 10.4. The average Bonchev–Trinajstić information content (AvgIpc) is 3.14. The van der Waals surface area contributed by atoms with Crippen LogP contribution in [0.4, 0.5) is 17.5 Å². The molecule has 0 aliphatic heterocycles. The monoisotopic (exact) mass is 372 g/mol. The number of furan rings is 1. The van der Waals surface area contributed by atoms with Crippen molar-refractivity contribution in [1.82, 2.24) is 15.0 Å². The van der Waals surface area contributed by atoms with Gasteiger partial charge in [0.2, 0.25) is 0 Å².